The molecule has 0 aliphatic carbocycles. The fourth-order valence-electron chi connectivity index (χ4n) is 1.75. The van der Waals surface area contributed by atoms with Crippen molar-refractivity contribution in [2.24, 2.45) is 5.92 Å². The van der Waals surface area contributed by atoms with Gasteiger partial charge in [0.2, 0.25) is 5.95 Å². The number of nitrogens with one attached hydrogen (secondary N) is 1. The third-order valence-corrected chi connectivity index (χ3v) is 2.38. The summed E-state index contributed by atoms with van der Waals surface area (Å²) in [7, 11) is 2.07. The van der Waals surface area contributed by atoms with Crippen molar-refractivity contribution in [1.29, 1.82) is 0 Å². The molecular formula is C12H17N3. The molecule has 15 heavy (non-hydrogen) atoms. The number of imidazole rings is 1. The number of aromatic nitrogens is 2. The Morgan fingerprint density at radius 2 is 2.07 bits per heavy atom. The smallest absolute Gasteiger partial charge is 0.203 e. The number of fused-ring (bicyclic) bond motifs is 1. The zero-order valence-corrected chi connectivity index (χ0v) is 9.49. The van der Waals surface area contributed by atoms with E-state index < -0.39 is 0 Å². The van der Waals surface area contributed by atoms with E-state index in [0.29, 0.717) is 5.92 Å². The Morgan fingerprint density at radius 3 is 2.73 bits per heavy atom. The van der Waals surface area contributed by atoms with Crippen LogP contribution >= 0.6 is 0 Å². The standard InChI is InChI=1S/C12H17N3/c1-9(2)8-15(3)12-13-10-6-4-5-7-11(10)14-12/h4-7,9H,8H2,1-3H3,(H,13,14). The van der Waals surface area contributed by atoms with Crippen molar-refractivity contribution >= 4 is 17.0 Å². The Hall–Kier alpha value is -1.51. The minimum atomic E-state index is 0.642. The highest BCUT2D eigenvalue weighted by molar-refractivity contribution is 5.77. The van der Waals surface area contributed by atoms with E-state index in [1.54, 1.807) is 0 Å². The van der Waals surface area contributed by atoms with Gasteiger partial charge in [0.05, 0.1) is 11.0 Å². The van der Waals surface area contributed by atoms with Gasteiger partial charge in [-0.15, -0.1) is 0 Å². The second-order valence-electron chi connectivity index (χ2n) is 4.35. The van der Waals surface area contributed by atoms with Gasteiger partial charge in [0, 0.05) is 13.6 Å². The lowest BCUT2D eigenvalue weighted by Crippen LogP contribution is -2.23. The molecule has 0 unspecified atom stereocenters. The first-order valence-electron chi connectivity index (χ1n) is 5.32. The molecule has 0 aliphatic rings. The fraction of sp³-hybridized carbons (Fsp3) is 0.417. The third kappa shape index (κ3) is 2.12. The van der Waals surface area contributed by atoms with Crippen LogP contribution in [0.1, 0.15) is 13.8 Å². The molecular weight excluding hydrogens is 186 g/mol. The van der Waals surface area contributed by atoms with E-state index in [4.69, 9.17) is 0 Å². The van der Waals surface area contributed by atoms with Gasteiger partial charge in [-0.1, -0.05) is 26.0 Å². The molecule has 1 aromatic carbocycles. The molecule has 0 radical (unpaired) electrons. The van der Waals surface area contributed by atoms with Crippen molar-refractivity contribution in [2.75, 3.05) is 18.5 Å². The summed E-state index contributed by atoms with van der Waals surface area (Å²) in [6, 6.07) is 8.11. The molecule has 0 saturated carbocycles. The molecule has 3 nitrogen and oxygen atoms in total. The number of nitrogens with zero attached hydrogens (tertiary/aromatic N) is 2. The van der Waals surface area contributed by atoms with E-state index in [-0.39, 0.29) is 0 Å². The maximum atomic E-state index is 4.54. The Balaban J connectivity index is 2.28. The zero-order valence-electron chi connectivity index (χ0n) is 9.49. The minimum Gasteiger partial charge on any atom is -0.345 e. The number of para-hydroxylation sites is 2. The number of anilines is 1. The van der Waals surface area contributed by atoms with Gasteiger partial charge in [-0.2, -0.15) is 0 Å². The van der Waals surface area contributed by atoms with Crippen LogP contribution in [0.3, 0.4) is 0 Å². The highest BCUT2D eigenvalue weighted by Crippen LogP contribution is 2.16. The number of aromatic amines is 1. The van der Waals surface area contributed by atoms with E-state index in [1.807, 2.05) is 18.2 Å². The summed E-state index contributed by atoms with van der Waals surface area (Å²) in [4.78, 5) is 10.0. The fourth-order valence-corrected chi connectivity index (χ4v) is 1.75. The first kappa shape index (κ1) is 10.0. The van der Waals surface area contributed by atoms with E-state index in [1.165, 1.54) is 0 Å². The molecule has 1 heterocycles. The van der Waals surface area contributed by atoms with Gasteiger partial charge >= 0.3 is 0 Å². The normalized spacial score (nSPS) is 11.2. The number of H-pyrrole nitrogens is 1. The lowest BCUT2D eigenvalue weighted by atomic mass is 10.2. The van der Waals surface area contributed by atoms with Gasteiger partial charge in [-0.05, 0) is 18.1 Å². The Morgan fingerprint density at radius 1 is 1.33 bits per heavy atom. The Kier molecular flexibility index (Phi) is 2.62. The van der Waals surface area contributed by atoms with Gasteiger partial charge in [-0.3, -0.25) is 0 Å². The lowest BCUT2D eigenvalue weighted by molar-refractivity contribution is 0.632. The summed E-state index contributed by atoms with van der Waals surface area (Å²) < 4.78 is 0. The predicted molar refractivity (Wildman–Crippen MR) is 64.2 cm³/mol. The van der Waals surface area contributed by atoms with Gasteiger partial charge in [0.15, 0.2) is 0 Å². The Bertz CT molecular complexity index is 412. The van der Waals surface area contributed by atoms with Crippen LogP contribution in [0.5, 0.6) is 0 Å². The first-order valence-corrected chi connectivity index (χ1v) is 5.32. The number of hydrogen-bond acceptors (Lipinski definition) is 2. The van der Waals surface area contributed by atoms with Crippen LogP contribution in [0.4, 0.5) is 5.95 Å². The minimum absolute atomic E-state index is 0.642. The van der Waals surface area contributed by atoms with Gasteiger partial charge in [-0.25, -0.2) is 4.98 Å². The van der Waals surface area contributed by atoms with Crippen molar-refractivity contribution in [3.8, 4) is 0 Å². The summed E-state index contributed by atoms with van der Waals surface area (Å²) in [5, 5.41) is 0. The van der Waals surface area contributed by atoms with Gasteiger partial charge < -0.3 is 9.88 Å². The molecule has 2 rings (SSSR count). The predicted octanol–water partition coefficient (Wildman–Crippen LogP) is 2.66. The topological polar surface area (TPSA) is 31.9 Å². The summed E-state index contributed by atoms with van der Waals surface area (Å²) in [6.45, 7) is 5.43. The highest BCUT2D eigenvalue weighted by Gasteiger charge is 2.07. The molecule has 0 bridgehead atoms. The van der Waals surface area contributed by atoms with Crippen LogP contribution in [0.25, 0.3) is 11.0 Å². The molecule has 0 fully saturated rings. The van der Waals surface area contributed by atoms with Crippen LogP contribution in [0.2, 0.25) is 0 Å². The highest BCUT2D eigenvalue weighted by atomic mass is 15.2. The van der Waals surface area contributed by atoms with Crippen molar-refractivity contribution < 1.29 is 0 Å². The van der Waals surface area contributed by atoms with Crippen molar-refractivity contribution in [3.63, 3.8) is 0 Å². The average Bonchev–Trinajstić information content (AvgIpc) is 2.59. The first-order chi connectivity index (χ1) is 7.16. The van der Waals surface area contributed by atoms with Crippen LogP contribution < -0.4 is 4.90 Å². The largest absolute Gasteiger partial charge is 0.345 e. The maximum absolute atomic E-state index is 4.54. The van der Waals surface area contributed by atoms with E-state index in [0.717, 1.165) is 23.5 Å². The van der Waals surface area contributed by atoms with Crippen molar-refractivity contribution in [2.45, 2.75) is 13.8 Å². The molecule has 1 aromatic heterocycles. The molecule has 1 N–H and O–H groups in total. The maximum Gasteiger partial charge on any atom is 0.203 e. The number of benzene rings is 1. The van der Waals surface area contributed by atoms with E-state index in [2.05, 4.69) is 41.8 Å². The van der Waals surface area contributed by atoms with Gasteiger partial charge in [0.25, 0.3) is 0 Å². The summed E-state index contributed by atoms with van der Waals surface area (Å²) >= 11 is 0. The molecule has 0 spiro atoms. The van der Waals surface area contributed by atoms with Crippen LogP contribution in [0, 0.1) is 5.92 Å². The average molecular weight is 203 g/mol. The van der Waals surface area contributed by atoms with Crippen LogP contribution in [0.15, 0.2) is 24.3 Å². The molecule has 0 amide bonds. The van der Waals surface area contributed by atoms with Crippen LogP contribution in [-0.2, 0) is 0 Å². The summed E-state index contributed by atoms with van der Waals surface area (Å²) in [5.74, 6) is 1.59. The molecule has 2 aromatic rings. The quantitative estimate of drug-likeness (QED) is 0.831. The summed E-state index contributed by atoms with van der Waals surface area (Å²) in [6.07, 6.45) is 0. The van der Waals surface area contributed by atoms with Crippen LogP contribution in [-0.4, -0.2) is 23.6 Å². The van der Waals surface area contributed by atoms with E-state index >= 15 is 0 Å². The van der Waals surface area contributed by atoms with Crippen molar-refractivity contribution in [1.82, 2.24) is 9.97 Å². The zero-order chi connectivity index (χ0) is 10.8. The van der Waals surface area contributed by atoms with E-state index in [9.17, 15) is 0 Å². The molecule has 0 saturated heterocycles. The van der Waals surface area contributed by atoms with Gasteiger partial charge in [0.1, 0.15) is 0 Å². The number of hydrogen-bond donors (Lipinski definition) is 1. The monoisotopic (exact) mass is 203 g/mol. The summed E-state index contributed by atoms with van der Waals surface area (Å²) in [5.41, 5.74) is 2.13. The second-order valence-corrected chi connectivity index (χ2v) is 4.35. The Labute approximate surface area is 90.1 Å². The molecule has 0 atom stereocenters. The third-order valence-electron chi connectivity index (χ3n) is 2.38. The lowest BCUT2D eigenvalue weighted by Gasteiger charge is -2.17. The molecule has 3 heteroatoms. The molecule has 80 valence electrons. The molecule has 0 aliphatic heterocycles. The van der Waals surface area contributed by atoms with Crippen molar-refractivity contribution in [3.05, 3.63) is 24.3 Å². The SMILES string of the molecule is CC(C)CN(C)c1nc2ccccc2[nH]1. The second kappa shape index (κ2) is 3.93. The number of rotatable bonds is 3.